The molecule has 0 spiro atoms. The minimum Gasteiger partial charge on any atom is -0.465 e. The summed E-state index contributed by atoms with van der Waals surface area (Å²) in [5.74, 6) is -0.356. The molecule has 0 unspecified atom stereocenters. The number of ether oxygens (including phenoxy) is 2. The Kier molecular flexibility index (Phi) is 6.76. The third-order valence-corrected chi connectivity index (χ3v) is 6.40. The van der Waals surface area contributed by atoms with E-state index in [1.807, 2.05) is 36.4 Å². The van der Waals surface area contributed by atoms with Gasteiger partial charge in [-0.05, 0) is 68.0 Å². The van der Waals surface area contributed by atoms with E-state index in [9.17, 15) is 4.79 Å². The summed E-state index contributed by atoms with van der Waals surface area (Å²) in [5.41, 5.74) is 5.65. The highest BCUT2D eigenvalue weighted by Gasteiger charge is 2.41. The molecule has 8 heteroatoms. The fourth-order valence-corrected chi connectivity index (χ4v) is 4.88. The van der Waals surface area contributed by atoms with Gasteiger partial charge in [-0.2, -0.15) is 0 Å². The fraction of sp³-hybridized carbons (Fsp3) is 0.320. The van der Waals surface area contributed by atoms with Crippen LogP contribution in [-0.4, -0.2) is 52.9 Å². The molecule has 1 aliphatic heterocycles. The standard InChI is InChI=1S/C25H28N4O3S/c1-16-14-20(17(2)29(16)19-9-7-8-18(15-19)24(30)32-4)23-22(21-10-5-6-11-26-21)27-25(33)28(23)12-13-31-3/h5-11,14-15,22-23H,12-13H2,1-4H3,(H,27,33)/t22-,23-/m1/s1. The number of benzene rings is 1. The molecule has 7 nitrogen and oxygen atoms in total. The summed E-state index contributed by atoms with van der Waals surface area (Å²) in [6.45, 7) is 5.39. The van der Waals surface area contributed by atoms with Crippen molar-refractivity contribution in [2.24, 2.45) is 0 Å². The predicted molar refractivity (Wildman–Crippen MR) is 131 cm³/mol. The molecular weight excluding hydrogens is 436 g/mol. The highest BCUT2D eigenvalue weighted by atomic mass is 32.1. The zero-order valence-electron chi connectivity index (χ0n) is 19.2. The van der Waals surface area contributed by atoms with Gasteiger partial charge in [0.25, 0.3) is 0 Å². The highest BCUT2D eigenvalue weighted by molar-refractivity contribution is 7.80. The average Bonchev–Trinajstić information content (AvgIpc) is 3.32. The molecule has 0 bridgehead atoms. The van der Waals surface area contributed by atoms with Crippen molar-refractivity contribution in [2.75, 3.05) is 27.4 Å². The van der Waals surface area contributed by atoms with Crippen LogP contribution in [0, 0.1) is 13.8 Å². The Morgan fingerprint density at radius 2 is 1.97 bits per heavy atom. The molecule has 2 atom stereocenters. The van der Waals surface area contributed by atoms with Gasteiger partial charge >= 0.3 is 5.97 Å². The Bertz CT molecular complexity index is 1160. The third kappa shape index (κ3) is 4.36. The molecule has 1 N–H and O–H groups in total. The van der Waals surface area contributed by atoms with Crippen molar-refractivity contribution in [1.29, 1.82) is 0 Å². The summed E-state index contributed by atoms with van der Waals surface area (Å²) >= 11 is 5.72. The quantitative estimate of drug-likeness (QED) is 0.420. The maximum absolute atomic E-state index is 12.1. The summed E-state index contributed by atoms with van der Waals surface area (Å²) < 4.78 is 12.4. The van der Waals surface area contributed by atoms with Gasteiger partial charge in [-0.3, -0.25) is 4.98 Å². The van der Waals surface area contributed by atoms with Gasteiger partial charge < -0.3 is 24.3 Å². The molecule has 0 amide bonds. The molecule has 3 aromatic rings. The number of thiocarbonyl (C=S) groups is 1. The maximum Gasteiger partial charge on any atom is 0.337 e. The maximum atomic E-state index is 12.1. The number of aryl methyl sites for hydroxylation is 1. The summed E-state index contributed by atoms with van der Waals surface area (Å²) in [6, 6.07) is 15.4. The molecule has 1 aliphatic rings. The van der Waals surface area contributed by atoms with Crippen LogP contribution in [0.1, 0.15) is 45.1 Å². The van der Waals surface area contributed by atoms with E-state index >= 15 is 0 Å². The molecule has 1 fully saturated rings. The number of carbonyl (C=O) groups is 1. The molecule has 0 radical (unpaired) electrons. The number of carbonyl (C=O) groups excluding carboxylic acids is 1. The van der Waals surface area contributed by atoms with Crippen LogP contribution in [0.15, 0.2) is 54.7 Å². The zero-order valence-corrected chi connectivity index (χ0v) is 20.1. The van der Waals surface area contributed by atoms with Gasteiger partial charge in [0.15, 0.2) is 5.11 Å². The van der Waals surface area contributed by atoms with Crippen LogP contribution < -0.4 is 5.32 Å². The minimum atomic E-state index is -0.356. The molecule has 0 saturated carbocycles. The number of nitrogens with zero attached hydrogens (tertiary/aromatic N) is 3. The van der Waals surface area contributed by atoms with Gasteiger partial charge in [-0.15, -0.1) is 0 Å². The Hall–Kier alpha value is -3.23. The first-order chi connectivity index (χ1) is 16.0. The monoisotopic (exact) mass is 464 g/mol. The fourth-order valence-electron chi connectivity index (χ4n) is 4.55. The molecule has 4 rings (SSSR count). The molecule has 1 aromatic carbocycles. The normalized spacial score (nSPS) is 17.8. The molecular formula is C25H28N4O3S. The van der Waals surface area contributed by atoms with Gasteiger partial charge in [0.2, 0.25) is 0 Å². The van der Waals surface area contributed by atoms with E-state index in [-0.39, 0.29) is 18.1 Å². The lowest BCUT2D eigenvalue weighted by Crippen LogP contribution is -2.32. The van der Waals surface area contributed by atoms with Crippen molar-refractivity contribution in [3.63, 3.8) is 0 Å². The van der Waals surface area contributed by atoms with Crippen LogP contribution in [0.2, 0.25) is 0 Å². The summed E-state index contributed by atoms with van der Waals surface area (Å²) in [7, 11) is 3.08. The lowest BCUT2D eigenvalue weighted by Gasteiger charge is -2.28. The van der Waals surface area contributed by atoms with Crippen LogP contribution in [0.5, 0.6) is 0 Å². The van der Waals surface area contributed by atoms with E-state index < -0.39 is 0 Å². The van der Waals surface area contributed by atoms with Crippen molar-refractivity contribution in [1.82, 2.24) is 19.8 Å². The van der Waals surface area contributed by atoms with E-state index in [2.05, 4.69) is 39.7 Å². The van der Waals surface area contributed by atoms with Crippen LogP contribution in [0.3, 0.4) is 0 Å². The van der Waals surface area contributed by atoms with Crippen LogP contribution in [0.4, 0.5) is 0 Å². The zero-order chi connectivity index (χ0) is 23.5. The Balaban J connectivity index is 1.81. The van der Waals surface area contributed by atoms with E-state index in [1.54, 1.807) is 19.4 Å². The van der Waals surface area contributed by atoms with Crippen LogP contribution >= 0.6 is 12.2 Å². The van der Waals surface area contributed by atoms with Crippen molar-refractivity contribution in [3.05, 3.63) is 82.9 Å². The molecule has 0 aliphatic carbocycles. The first-order valence-corrected chi connectivity index (χ1v) is 11.2. The molecule has 172 valence electrons. The van der Waals surface area contributed by atoms with Gasteiger partial charge in [0.1, 0.15) is 0 Å². The van der Waals surface area contributed by atoms with Gasteiger partial charge in [0.05, 0.1) is 37.1 Å². The summed E-state index contributed by atoms with van der Waals surface area (Å²) in [6.07, 6.45) is 1.80. The number of esters is 1. The molecule has 1 saturated heterocycles. The molecule has 2 aromatic heterocycles. The van der Waals surface area contributed by atoms with Gasteiger partial charge in [-0.25, -0.2) is 4.79 Å². The summed E-state index contributed by atoms with van der Waals surface area (Å²) in [4.78, 5) is 18.9. The number of rotatable bonds is 7. The van der Waals surface area contributed by atoms with Crippen molar-refractivity contribution in [3.8, 4) is 5.69 Å². The second kappa shape index (κ2) is 9.72. The van der Waals surface area contributed by atoms with Gasteiger partial charge in [0, 0.05) is 36.9 Å². The van der Waals surface area contributed by atoms with E-state index in [1.165, 1.54) is 7.11 Å². The number of aromatic nitrogens is 2. The number of nitrogens with one attached hydrogen (secondary N) is 1. The Labute approximate surface area is 199 Å². The average molecular weight is 465 g/mol. The molecule has 3 heterocycles. The number of hydrogen-bond donors (Lipinski definition) is 1. The van der Waals surface area contributed by atoms with Crippen LogP contribution in [-0.2, 0) is 9.47 Å². The van der Waals surface area contributed by atoms with Crippen molar-refractivity contribution < 1.29 is 14.3 Å². The van der Waals surface area contributed by atoms with E-state index in [0.717, 1.165) is 28.3 Å². The van der Waals surface area contributed by atoms with Crippen molar-refractivity contribution >= 4 is 23.3 Å². The third-order valence-electron chi connectivity index (χ3n) is 6.05. The first kappa shape index (κ1) is 22.9. The Morgan fingerprint density at radius 1 is 1.15 bits per heavy atom. The lowest BCUT2D eigenvalue weighted by atomic mass is 9.97. The SMILES string of the molecule is COCCN1C(=S)N[C@H](c2ccccn2)[C@H]1c1cc(C)n(-c2cccc(C(=O)OC)c2)c1C. The topological polar surface area (TPSA) is 68.6 Å². The number of hydrogen-bond acceptors (Lipinski definition) is 5. The largest absolute Gasteiger partial charge is 0.465 e. The second-order valence-corrected chi connectivity index (χ2v) is 8.40. The van der Waals surface area contributed by atoms with Crippen molar-refractivity contribution in [2.45, 2.75) is 25.9 Å². The number of methoxy groups -OCH3 is 2. The van der Waals surface area contributed by atoms with E-state index in [0.29, 0.717) is 23.8 Å². The van der Waals surface area contributed by atoms with E-state index in [4.69, 9.17) is 21.7 Å². The molecule has 33 heavy (non-hydrogen) atoms. The van der Waals surface area contributed by atoms with Crippen LogP contribution in [0.25, 0.3) is 5.69 Å². The highest BCUT2D eigenvalue weighted by Crippen LogP contribution is 2.41. The summed E-state index contributed by atoms with van der Waals surface area (Å²) in [5, 5.41) is 4.16. The second-order valence-electron chi connectivity index (χ2n) is 8.02. The van der Waals surface area contributed by atoms with Gasteiger partial charge in [-0.1, -0.05) is 12.1 Å². The first-order valence-electron chi connectivity index (χ1n) is 10.8. The minimum absolute atomic E-state index is 0.0497. The predicted octanol–water partition coefficient (Wildman–Crippen LogP) is 3.89. The lowest BCUT2D eigenvalue weighted by molar-refractivity contribution is 0.0600. The number of pyridine rings is 1. The Morgan fingerprint density at radius 3 is 2.67 bits per heavy atom. The smallest absolute Gasteiger partial charge is 0.337 e.